The van der Waals surface area contributed by atoms with Gasteiger partial charge in [-0.2, -0.15) is 0 Å². The fourth-order valence-electron chi connectivity index (χ4n) is 2.57. The normalized spacial score (nSPS) is 28.4. The quantitative estimate of drug-likeness (QED) is 0.843. The lowest BCUT2D eigenvalue weighted by Gasteiger charge is -2.22. The van der Waals surface area contributed by atoms with E-state index in [9.17, 15) is 0 Å². The minimum Gasteiger partial charge on any atom is -0.468 e. The average Bonchev–Trinajstić information content (AvgIpc) is 2.82. The zero-order valence-corrected chi connectivity index (χ0v) is 9.86. The van der Waals surface area contributed by atoms with Crippen LogP contribution in [0.25, 0.3) is 0 Å². The second-order valence-electron chi connectivity index (χ2n) is 5.11. The molecule has 3 heteroatoms. The molecule has 2 heterocycles. The van der Waals surface area contributed by atoms with Crippen molar-refractivity contribution in [2.75, 3.05) is 13.1 Å². The van der Waals surface area contributed by atoms with Gasteiger partial charge in [-0.15, -0.1) is 0 Å². The lowest BCUT2D eigenvalue weighted by atomic mass is 10.2. The summed E-state index contributed by atoms with van der Waals surface area (Å²) in [6, 6.07) is 5.99. The molecule has 1 saturated heterocycles. The van der Waals surface area contributed by atoms with E-state index in [2.05, 4.69) is 23.2 Å². The first-order valence-corrected chi connectivity index (χ1v) is 6.36. The zero-order chi connectivity index (χ0) is 11.0. The third-order valence-corrected chi connectivity index (χ3v) is 3.77. The Labute approximate surface area is 96.8 Å². The van der Waals surface area contributed by atoms with Crippen LogP contribution in [0.2, 0.25) is 0 Å². The molecule has 1 aromatic rings. The largest absolute Gasteiger partial charge is 0.468 e. The van der Waals surface area contributed by atoms with E-state index in [1.165, 1.54) is 32.4 Å². The second kappa shape index (κ2) is 4.22. The fraction of sp³-hybridized carbons (Fsp3) is 0.692. The van der Waals surface area contributed by atoms with E-state index in [-0.39, 0.29) is 0 Å². The van der Waals surface area contributed by atoms with Crippen molar-refractivity contribution < 1.29 is 4.42 Å². The summed E-state index contributed by atoms with van der Waals surface area (Å²) in [5.41, 5.74) is 0. The van der Waals surface area contributed by atoms with Gasteiger partial charge in [0.2, 0.25) is 0 Å². The van der Waals surface area contributed by atoms with E-state index in [4.69, 9.17) is 4.42 Å². The van der Waals surface area contributed by atoms with Crippen LogP contribution in [-0.4, -0.2) is 30.1 Å². The van der Waals surface area contributed by atoms with Crippen molar-refractivity contribution in [3.05, 3.63) is 24.2 Å². The molecule has 16 heavy (non-hydrogen) atoms. The van der Waals surface area contributed by atoms with E-state index >= 15 is 0 Å². The topological polar surface area (TPSA) is 28.4 Å². The first-order valence-electron chi connectivity index (χ1n) is 6.36. The summed E-state index contributed by atoms with van der Waals surface area (Å²) < 4.78 is 5.47. The zero-order valence-electron chi connectivity index (χ0n) is 9.86. The van der Waals surface area contributed by atoms with Crippen molar-refractivity contribution >= 4 is 0 Å². The Morgan fingerprint density at radius 1 is 1.38 bits per heavy atom. The van der Waals surface area contributed by atoms with Gasteiger partial charge in [-0.05, 0) is 38.3 Å². The van der Waals surface area contributed by atoms with Crippen LogP contribution in [0.3, 0.4) is 0 Å². The van der Waals surface area contributed by atoms with Gasteiger partial charge < -0.3 is 9.73 Å². The van der Waals surface area contributed by atoms with Crippen molar-refractivity contribution in [3.8, 4) is 0 Å². The SMILES string of the molecule is CC(c1ccco1)N1CCC(NC2CC2)C1. The van der Waals surface area contributed by atoms with Crippen LogP contribution in [0.15, 0.2) is 22.8 Å². The maximum atomic E-state index is 5.47. The van der Waals surface area contributed by atoms with E-state index in [0.717, 1.165) is 11.8 Å². The predicted octanol–water partition coefficient (Wildman–Crippen LogP) is 2.17. The van der Waals surface area contributed by atoms with Crippen molar-refractivity contribution in [1.29, 1.82) is 0 Å². The molecular weight excluding hydrogens is 200 g/mol. The molecule has 0 bridgehead atoms. The Balaban J connectivity index is 1.56. The molecule has 0 amide bonds. The van der Waals surface area contributed by atoms with Gasteiger partial charge in [0.15, 0.2) is 0 Å². The maximum Gasteiger partial charge on any atom is 0.120 e. The third kappa shape index (κ3) is 2.15. The number of nitrogens with zero attached hydrogens (tertiary/aromatic N) is 1. The molecule has 2 aliphatic rings. The minimum absolute atomic E-state index is 0.418. The van der Waals surface area contributed by atoms with E-state index in [0.29, 0.717) is 12.1 Å². The van der Waals surface area contributed by atoms with Gasteiger partial charge in [0.05, 0.1) is 12.3 Å². The standard InChI is InChI=1S/C13H20N2O/c1-10(13-3-2-8-16-13)15-7-6-12(9-15)14-11-4-5-11/h2-3,8,10-12,14H,4-7,9H2,1H3. The monoisotopic (exact) mass is 220 g/mol. The molecule has 2 atom stereocenters. The Morgan fingerprint density at radius 2 is 2.25 bits per heavy atom. The third-order valence-electron chi connectivity index (χ3n) is 3.77. The van der Waals surface area contributed by atoms with E-state index < -0.39 is 0 Å². The maximum absolute atomic E-state index is 5.47. The van der Waals surface area contributed by atoms with Crippen molar-refractivity contribution in [3.63, 3.8) is 0 Å². The summed E-state index contributed by atoms with van der Waals surface area (Å²) in [7, 11) is 0. The number of furan rings is 1. The molecule has 1 aliphatic carbocycles. The Morgan fingerprint density at radius 3 is 2.94 bits per heavy atom. The fourth-order valence-corrected chi connectivity index (χ4v) is 2.57. The Kier molecular flexibility index (Phi) is 2.74. The summed E-state index contributed by atoms with van der Waals surface area (Å²) in [6.07, 6.45) is 5.80. The Hall–Kier alpha value is -0.800. The minimum atomic E-state index is 0.418. The van der Waals surface area contributed by atoms with Gasteiger partial charge in [0, 0.05) is 25.2 Å². The molecule has 1 aliphatic heterocycles. The van der Waals surface area contributed by atoms with Crippen LogP contribution < -0.4 is 5.32 Å². The van der Waals surface area contributed by atoms with Gasteiger partial charge in [-0.1, -0.05) is 0 Å². The van der Waals surface area contributed by atoms with Gasteiger partial charge in [0.1, 0.15) is 5.76 Å². The van der Waals surface area contributed by atoms with Crippen LogP contribution in [0, 0.1) is 0 Å². The molecule has 88 valence electrons. The predicted molar refractivity (Wildman–Crippen MR) is 63.3 cm³/mol. The molecule has 1 aromatic heterocycles. The highest BCUT2D eigenvalue weighted by molar-refractivity contribution is 5.05. The number of rotatable bonds is 4. The highest BCUT2D eigenvalue weighted by atomic mass is 16.3. The summed E-state index contributed by atoms with van der Waals surface area (Å²) in [6.45, 7) is 4.59. The molecular formula is C13H20N2O. The molecule has 1 saturated carbocycles. The highest BCUT2D eigenvalue weighted by Crippen LogP contribution is 2.27. The van der Waals surface area contributed by atoms with Gasteiger partial charge in [0.25, 0.3) is 0 Å². The molecule has 0 radical (unpaired) electrons. The highest BCUT2D eigenvalue weighted by Gasteiger charge is 2.31. The van der Waals surface area contributed by atoms with Crippen LogP contribution in [0.1, 0.15) is 38.0 Å². The summed E-state index contributed by atoms with van der Waals surface area (Å²) in [5, 5.41) is 3.71. The molecule has 3 nitrogen and oxygen atoms in total. The van der Waals surface area contributed by atoms with Crippen molar-refractivity contribution in [1.82, 2.24) is 10.2 Å². The molecule has 2 unspecified atom stereocenters. The van der Waals surface area contributed by atoms with E-state index in [1.54, 1.807) is 6.26 Å². The molecule has 2 fully saturated rings. The van der Waals surface area contributed by atoms with Gasteiger partial charge in [-0.25, -0.2) is 0 Å². The number of nitrogens with one attached hydrogen (secondary N) is 1. The van der Waals surface area contributed by atoms with Crippen LogP contribution in [0.4, 0.5) is 0 Å². The molecule has 0 aromatic carbocycles. The number of hydrogen-bond acceptors (Lipinski definition) is 3. The van der Waals surface area contributed by atoms with E-state index in [1.807, 2.05) is 6.07 Å². The van der Waals surface area contributed by atoms with Gasteiger partial charge >= 0.3 is 0 Å². The number of hydrogen-bond donors (Lipinski definition) is 1. The summed E-state index contributed by atoms with van der Waals surface area (Å²) >= 11 is 0. The molecule has 3 rings (SSSR count). The van der Waals surface area contributed by atoms with Crippen molar-refractivity contribution in [2.45, 2.75) is 44.3 Å². The average molecular weight is 220 g/mol. The molecule has 1 N–H and O–H groups in total. The smallest absolute Gasteiger partial charge is 0.120 e. The summed E-state index contributed by atoms with van der Waals surface area (Å²) in [4.78, 5) is 2.51. The van der Waals surface area contributed by atoms with Crippen LogP contribution >= 0.6 is 0 Å². The molecule has 0 spiro atoms. The lowest BCUT2D eigenvalue weighted by Crippen LogP contribution is -2.34. The van der Waals surface area contributed by atoms with Gasteiger partial charge in [-0.3, -0.25) is 4.90 Å². The van der Waals surface area contributed by atoms with Crippen LogP contribution in [-0.2, 0) is 0 Å². The first kappa shape index (κ1) is 10.4. The summed E-state index contributed by atoms with van der Waals surface area (Å²) in [5.74, 6) is 1.09. The second-order valence-corrected chi connectivity index (χ2v) is 5.11. The Bertz CT molecular complexity index is 332. The van der Waals surface area contributed by atoms with Crippen LogP contribution in [0.5, 0.6) is 0 Å². The van der Waals surface area contributed by atoms with Crippen molar-refractivity contribution in [2.24, 2.45) is 0 Å². The number of likely N-dealkylation sites (tertiary alicyclic amines) is 1. The lowest BCUT2D eigenvalue weighted by molar-refractivity contribution is 0.226. The first-order chi connectivity index (χ1) is 7.83.